The molecule has 108 valence electrons. The molecule has 0 bridgehead atoms. The number of ether oxygens (including phenoxy) is 2. The number of rotatable bonds is 5. The fourth-order valence-corrected chi connectivity index (χ4v) is 2.98. The summed E-state index contributed by atoms with van der Waals surface area (Å²) in [6.45, 7) is 2.18. The third-order valence-corrected chi connectivity index (χ3v) is 4.42. The quantitative estimate of drug-likeness (QED) is 0.609. The molecule has 0 radical (unpaired) electrons. The Hall–Kier alpha value is -1.94. The summed E-state index contributed by atoms with van der Waals surface area (Å²) >= 11 is 1.74. The fourth-order valence-electron chi connectivity index (χ4n) is 2.14. The van der Waals surface area contributed by atoms with Crippen molar-refractivity contribution >= 4 is 17.5 Å². The molecule has 21 heavy (non-hydrogen) atoms. The SMILES string of the molecule is CCC(=O)c1ccc(SCc2ccc3c(c2)OCO3)cc1. The van der Waals surface area contributed by atoms with Crippen LogP contribution in [0.2, 0.25) is 0 Å². The summed E-state index contributed by atoms with van der Waals surface area (Å²) in [5, 5.41) is 0. The Morgan fingerprint density at radius 1 is 1.10 bits per heavy atom. The predicted molar refractivity (Wildman–Crippen MR) is 83.2 cm³/mol. The van der Waals surface area contributed by atoms with Crippen molar-refractivity contribution in [1.82, 2.24) is 0 Å². The van der Waals surface area contributed by atoms with Gasteiger partial charge in [0.25, 0.3) is 0 Å². The number of benzene rings is 2. The van der Waals surface area contributed by atoms with Crippen molar-refractivity contribution in [1.29, 1.82) is 0 Å². The van der Waals surface area contributed by atoms with Gasteiger partial charge in [0.2, 0.25) is 6.79 Å². The lowest BCUT2D eigenvalue weighted by Crippen LogP contribution is -1.95. The van der Waals surface area contributed by atoms with Crippen LogP contribution < -0.4 is 9.47 Å². The van der Waals surface area contributed by atoms with E-state index in [1.54, 1.807) is 11.8 Å². The third kappa shape index (κ3) is 3.22. The molecule has 3 nitrogen and oxygen atoms in total. The summed E-state index contributed by atoms with van der Waals surface area (Å²) in [7, 11) is 0. The van der Waals surface area contributed by atoms with Crippen molar-refractivity contribution in [2.75, 3.05) is 6.79 Å². The van der Waals surface area contributed by atoms with Crippen LogP contribution in [0.5, 0.6) is 11.5 Å². The van der Waals surface area contributed by atoms with Gasteiger partial charge in [-0.2, -0.15) is 0 Å². The minimum absolute atomic E-state index is 0.183. The number of fused-ring (bicyclic) bond motifs is 1. The molecule has 0 unspecified atom stereocenters. The van der Waals surface area contributed by atoms with E-state index in [-0.39, 0.29) is 5.78 Å². The molecule has 1 aliphatic rings. The smallest absolute Gasteiger partial charge is 0.231 e. The molecule has 4 heteroatoms. The number of carbonyl (C=O) groups excluding carboxylic acids is 1. The lowest BCUT2D eigenvalue weighted by atomic mass is 10.1. The van der Waals surface area contributed by atoms with Gasteiger partial charge >= 0.3 is 0 Å². The van der Waals surface area contributed by atoms with E-state index in [4.69, 9.17) is 9.47 Å². The molecule has 0 amide bonds. The second-order valence-electron chi connectivity index (χ2n) is 4.78. The molecule has 1 aliphatic heterocycles. The average Bonchev–Trinajstić information content (AvgIpc) is 3.00. The van der Waals surface area contributed by atoms with Gasteiger partial charge in [-0.3, -0.25) is 4.79 Å². The highest BCUT2D eigenvalue weighted by Crippen LogP contribution is 2.34. The summed E-state index contributed by atoms with van der Waals surface area (Å²) in [5.74, 6) is 2.67. The van der Waals surface area contributed by atoms with Crippen molar-refractivity contribution in [3.63, 3.8) is 0 Å². The van der Waals surface area contributed by atoms with Crippen LogP contribution in [0.4, 0.5) is 0 Å². The molecule has 0 saturated carbocycles. The average molecular weight is 300 g/mol. The van der Waals surface area contributed by atoms with Gasteiger partial charge in [-0.1, -0.05) is 25.1 Å². The molecule has 0 fully saturated rings. The zero-order chi connectivity index (χ0) is 14.7. The van der Waals surface area contributed by atoms with Crippen molar-refractivity contribution in [3.8, 4) is 11.5 Å². The van der Waals surface area contributed by atoms with Crippen molar-refractivity contribution in [2.24, 2.45) is 0 Å². The summed E-state index contributed by atoms with van der Waals surface area (Å²) < 4.78 is 10.7. The highest BCUT2D eigenvalue weighted by atomic mass is 32.2. The highest BCUT2D eigenvalue weighted by Gasteiger charge is 2.13. The zero-order valence-corrected chi connectivity index (χ0v) is 12.6. The number of thioether (sulfide) groups is 1. The number of carbonyl (C=O) groups is 1. The molecular formula is C17H16O3S. The van der Waals surface area contributed by atoms with E-state index in [2.05, 4.69) is 6.07 Å². The minimum atomic E-state index is 0.183. The van der Waals surface area contributed by atoms with E-state index in [1.807, 2.05) is 43.3 Å². The van der Waals surface area contributed by atoms with Gasteiger partial charge in [-0.15, -0.1) is 11.8 Å². The highest BCUT2D eigenvalue weighted by molar-refractivity contribution is 7.98. The first-order chi connectivity index (χ1) is 10.3. The van der Waals surface area contributed by atoms with Crippen molar-refractivity contribution in [3.05, 3.63) is 53.6 Å². The van der Waals surface area contributed by atoms with Crippen LogP contribution in [-0.2, 0) is 5.75 Å². The summed E-state index contributed by atoms with van der Waals surface area (Å²) in [6, 6.07) is 13.8. The molecule has 2 aromatic carbocycles. The molecule has 3 rings (SSSR count). The number of Topliss-reactive ketones (excluding diaryl/α,β-unsaturated/α-hetero) is 1. The van der Waals surface area contributed by atoms with E-state index in [0.717, 1.165) is 27.7 Å². The maximum Gasteiger partial charge on any atom is 0.231 e. The van der Waals surface area contributed by atoms with E-state index in [1.165, 1.54) is 5.56 Å². The molecular weight excluding hydrogens is 284 g/mol. The molecule has 0 saturated heterocycles. The van der Waals surface area contributed by atoms with Crippen molar-refractivity contribution < 1.29 is 14.3 Å². The summed E-state index contributed by atoms with van der Waals surface area (Å²) in [6.07, 6.45) is 0.545. The largest absolute Gasteiger partial charge is 0.454 e. The fraction of sp³-hybridized carbons (Fsp3) is 0.235. The van der Waals surface area contributed by atoms with E-state index in [9.17, 15) is 4.79 Å². The van der Waals surface area contributed by atoms with Gasteiger partial charge in [0.15, 0.2) is 17.3 Å². The van der Waals surface area contributed by atoms with Crippen LogP contribution in [-0.4, -0.2) is 12.6 Å². The van der Waals surface area contributed by atoms with Crippen LogP contribution in [0, 0.1) is 0 Å². The monoisotopic (exact) mass is 300 g/mol. The Kier molecular flexibility index (Phi) is 4.15. The third-order valence-electron chi connectivity index (χ3n) is 3.34. The predicted octanol–water partition coefficient (Wildman–Crippen LogP) is 4.30. The van der Waals surface area contributed by atoms with Gasteiger partial charge in [-0.05, 0) is 29.8 Å². The minimum Gasteiger partial charge on any atom is -0.454 e. The first-order valence-corrected chi connectivity index (χ1v) is 7.89. The van der Waals surface area contributed by atoms with E-state index < -0.39 is 0 Å². The first kappa shape index (κ1) is 14.0. The van der Waals surface area contributed by atoms with Crippen LogP contribution in [0.15, 0.2) is 47.4 Å². The Bertz CT molecular complexity index is 650. The zero-order valence-electron chi connectivity index (χ0n) is 11.8. The van der Waals surface area contributed by atoms with Gasteiger partial charge in [0.1, 0.15) is 0 Å². The topological polar surface area (TPSA) is 35.5 Å². The molecule has 0 aromatic heterocycles. The molecule has 1 heterocycles. The van der Waals surface area contributed by atoms with Gasteiger partial charge < -0.3 is 9.47 Å². The van der Waals surface area contributed by atoms with Gasteiger partial charge in [-0.25, -0.2) is 0 Å². The standard InChI is InChI=1S/C17H16O3S/c1-2-15(18)13-4-6-14(7-5-13)21-10-12-3-8-16-17(9-12)20-11-19-16/h3-9H,2,10-11H2,1H3. The molecule has 0 spiro atoms. The van der Waals surface area contributed by atoms with Crippen molar-refractivity contribution in [2.45, 2.75) is 24.0 Å². The Labute approximate surface area is 128 Å². The second-order valence-corrected chi connectivity index (χ2v) is 5.83. The molecule has 2 aromatic rings. The van der Waals surface area contributed by atoms with Crippen LogP contribution in [0.3, 0.4) is 0 Å². The Morgan fingerprint density at radius 2 is 1.86 bits per heavy atom. The Morgan fingerprint density at radius 3 is 2.62 bits per heavy atom. The Balaban J connectivity index is 1.63. The summed E-state index contributed by atoms with van der Waals surface area (Å²) in [5.41, 5.74) is 1.97. The second kappa shape index (κ2) is 6.22. The maximum atomic E-state index is 11.6. The number of ketones is 1. The van der Waals surface area contributed by atoms with Gasteiger partial charge in [0.05, 0.1) is 0 Å². The summed E-state index contributed by atoms with van der Waals surface area (Å²) in [4.78, 5) is 12.7. The van der Waals surface area contributed by atoms with E-state index >= 15 is 0 Å². The van der Waals surface area contributed by atoms with Gasteiger partial charge in [0, 0.05) is 22.6 Å². The molecule has 0 atom stereocenters. The molecule has 0 aliphatic carbocycles. The van der Waals surface area contributed by atoms with E-state index in [0.29, 0.717) is 13.2 Å². The van der Waals surface area contributed by atoms with Crippen LogP contribution >= 0.6 is 11.8 Å². The lowest BCUT2D eigenvalue weighted by Gasteiger charge is -2.04. The number of hydrogen-bond donors (Lipinski definition) is 0. The normalized spacial score (nSPS) is 12.4. The maximum absolute atomic E-state index is 11.6. The lowest BCUT2D eigenvalue weighted by molar-refractivity contribution is 0.0988. The van der Waals surface area contributed by atoms with Crippen LogP contribution in [0.1, 0.15) is 29.3 Å². The van der Waals surface area contributed by atoms with Crippen LogP contribution in [0.25, 0.3) is 0 Å². The first-order valence-electron chi connectivity index (χ1n) is 6.91. The molecule has 0 N–H and O–H groups in total. The number of hydrogen-bond acceptors (Lipinski definition) is 4.